The number of ether oxygens (including phenoxy) is 2. The van der Waals surface area contributed by atoms with Gasteiger partial charge in [-0.2, -0.15) is 10.1 Å². The molecule has 0 fully saturated rings. The molecule has 1 aliphatic rings. The van der Waals surface area contributed by atoms with Gasteiger partial charge in [-0.1, -0.05) is 24.3 Å². The highest BCUT2D eigenvalue weighted by atomic mass is 16.5. The Balaban J connectivity index is 1.74. The number of rotatable bonds is 6. The first kappa shape index (κ1) is 19.8. The first-order valence-corrected chi connectivity index (χ1v) is 9.95. The van der Waals surface area contributed by atoms with Crippen LogP contribution in [0.5, 0.6) is 11.5 Å². The first-order chi connectivity index (χ1) is 14.6. The zero-order valence-electron chi connectivity index (χ0n) is 17.2. The topological polar surface area (TPSA) is 90.3 Å². The van der Waals surface area contributed by atoms with Gasteiger partial charge in [0, 0.05) is 11.7 Å². The fourth-order valence-electron chi connectivity index (χ4n) is 3.88. The van der Waals surface area contributed by atoms with Gasteiger partial charge in [-0.05, 0) is 43.7 Å². The SMILES string of the molecule is CCOc1ccc([C@H]2[C@@H](C(=O)Nc3ccccc3)[C@H](C)Nc3ncnn32)cc1OC. The van der Waals surface area contributed by atoms with Crippen LogP contribution in [0.4, 0.5) is 11.6 Å². The molecule has 0 saturated carbocycles. The number of benzene rings is 2. The molecular weight excluding hydrogens is 382 g/mol. The van der Waals surface area contributed by atoms with Crippen LogP contribution in [0.3, 0.4) is 0 Å². The first-order valence-electron chi connectivity index (χ1n) is 9.95. The Kier molecular flexibility index (Phi) is 5.56. The van der Waals surface area contributed by atoms with Crippen molar-refractivity contribution in [3.8, 4) is 11.5 Å². The summed E-state index contributed by atoms with van der Waals surface area (Å²) in [4.78, 5) is 17.7. The highest BCUT2D eigenvalue weighted by Crippen LogP contribution is 2.39. The number of para-hydroxylation sites is 1. The lowest BCUT2D eigenvalue weighted by Crippen LogP contribution is -2.46. The third-order valence-corrected chi connectivity index (χ3v) is 5.25. The molecule has 1 aromatic heterocycles. The van der Waals surface area contributed by atoms with Crippen LogP contribution < -0.4 is 20.1 Å². The standard InChI is InChI=1S/C22H25N5O3/c1-4-30-17-11-10-15(12-18(17)29-3)20-19(14(2)25-22-23-13-24-27(20)22)21(28)26-16-8-6-5-7-9-16/h5-14,19-20H,4H2,1-3H3,(H,26,28)(H,23,24,25)/t14-,19-,20-/m0/s1. The summed E-state index contributed by atoms with van der Waals surface area (Å²) in [6.07, 6.45) is 1.49. The van der Waals surface area contributed by atoms with Crippen LogP contribution in [0.1, 0.15) is 25.5 Å². The molecule has 8 nitrogen and oxygen atoms in total. The minimum Gasteiger partial charge on any atom is -0.493 e. The number of methoxy groups -OCH3 is 1. The molecule has 0 radical (unpaired) electrons. The highest BCUT2D eigenvalue weighted by molar-refractivity contribution is 5.94. The van der Waals surface area contributed by atoms with Gasteiger partial charge in [-0.15, -0.1) is 0 Å². The summed E-state index contributed by atoms with van der Waals surface area (Å²) in [7, 11) is 1.60. The molecule has 30 heavy (non-hydrogen) atoms. The van der Waals surface area contributed by atoms with Crippen molar-refractivity contribution in [2.45, 2.75) is 25.9 Å². The largest absolute Gasteiger partial charge is 0.493 e. The molecule has 156 valence electrons. The quantitative estimate of drug-likeness (QED) is 0.651. The van der Waals surface area contributed by atoms with Crippen LogP contribution in [-0.4, -0.2) is 40.4 Å². The van der Waals surface area contributed by atoms with Crippen LogP contribution in [0.25, 0.3) is 0 Å². The van der Waals surface area contributed by atoms with E-state index in [1.54, 1.807) is 11.8 Å². The maximum absolute atomic E-state index is 13.3. The maximum atomic E-state index is 13.3. The zero-order chi connectivity index (χ0) is 21.1. The highest BCUT2D eigenvalue weighted by Gasteiger charge is 2.41. The second-order valence-electron chi connectivity index (χ2n) is 7.13. The number of hydrogen-bond donors (Lipinski definition) is 2. The average molecular weight is 407 g/mol. The monoisotopic (exact) mass is 407 g/mol. The molecule has 2 heterocycles. The fraction of sp³-hybridized carbons (Fsp3) is 0.318. The molecule has 1 aliphatic heterocycles. The van der Waals surface area contributed by atoms with Crippen LogP contribution in [0, 0.1) is 5.92 Å². The van der Waals surface area contributed by atoms with Crippen molar-refractivity contribution in [3.05, 3.63) is 60.4 Å². The van der Waals surface area contributed by atoms with E-state index in [0.29, 0.717) is 24.1 Å². The predicted molar refractivity (Wildman–Crippen MR) is 114 cm³/mol. The number of amides is 1. The Labute approximate surface area is 175 Å². The van der Waals surface area contributed by atoms with Crippen molar-refractivity contribution in [2.24, 2.45) is 5.92 Å². The number of carbonyl (C=O) groups excluding carboxylic acids is 1. The molecule has 3 aromatic rings. The summed E-state index contributed by atoms with van der Waals surface area (Å²) < 4.78 is 12.9. The lowest BCUT2D eigenvalue weighted by atomic mass is 9.85. The summed E-state index contributed by atoms with van der Waals surface area (Å²) in [5, 5.41) is 10.7. The second kappa shape index (κ2) is 8.44. The lowest BCUT2D eigenvalue weighted by molar-refractivity contribution is -0.121. The third kappa shape index (κ3) is 3.68. The number of aromatic nitrogens is 3. The molecule has 0 spiro atoms. The van der Waals surface area contributed by atoms with E-state index < -0.39 is 5.92 Å². The van der Waals surface area contributed by atoms with E-state index in [4.69, 9.17) is 9.47 Å². The molecule has 3 atom stereocenters. The Morgan fingerprint density at radius 2 is 2.00 bits per heavy atom. The molecular formula is C22H25N5O3. The van der Waals surface area contributed by atoms with Gasteiger partial charge in [0.05, 0.1) is 25.7 Å². The molecule has 8 heteroatoms. The molecule has 1 amide bonds. The summed E-state index contributed by atoms with van der Waals surface area (Å²) in [6.45, 7) is 4.44. The van der Waals surface area contributed by atoms with E-state index in [9.17, 15) is 4.79 Å². The van der Waals surface area contributed by atoms with Gasteiger partial charge in [0.25, 0.3) is 0 Å². The number of carbonyl (C=O) groups is 1. The number of hydrogen-bond acceptors (Lipinski definition) is 6. The van der Waals surface area contributed by atoms with Crippen LogP contribution in [0.2, 0.25) is 0 Å². The predicted octanol–water partition coefficient (Wildman–Crippen LogP) is 3.34. The normalized spacial score (nSPS) is 20.0. The van der Waals surface area contributed by atoms with Crippen molar-refractivity contribution in [1.82, 2.24) is 14.8 Å². The average Bonchev–Trinajstić information content (AvgIpc) is 3.22. The smallest absolute Gasteiger partial charge is 0.232 e. The minimum absolute atomic E-state index is 0.0970. The minimum atomic E-state index is -0.429. The van der Waals surface area contributed by atoms with E-state index >= 15 is 0 Å². The van der Waals surface area contributed by atoms with Gasteiger partial charge in [0.2, 0.25) is 11.9 Å². The van der Waals surface area contributed by atoms with E-state index in [-0.39, 0.29) is 18.0 Å². The number of nitrogens with zero attached hydrogens (tertiary/aromatic N) is 3. The number of nitrogens with one attached hydrogen (secondary N) is 2. The molecule has 0 bridgehead atoms. The summed E-state index contributed by atoms with van der Waals surface area (Å²) >= 11 is 0. The molecule has 0 unspecified atom stereocenters. The van der Waals surface area contributed by atoms with E-state index in [2.05, 4.69) is 20.7 Å². The van der Waals surface area contributed by atoms with Gasteiger partial charge < -0.3 is 20.1 Å². The Morgan fingerprint density at radius 1 is 1.20 bits per heavy atom. The van der Waals surface area contributed by atoms with Crippen LogP contribution >= 0.6 is 0 Å². The van der Waals surface area contributed by atoms with Gasteiger partial charge in [-0.3, -0.25) is 4.79 Å². The molecule has 2 N–H and O–H groups in total. The van der Waals surface area contributed by atoms with Gasteiger partial charge in [-0.25, -0.2) is 4.68 Å². The molecule has 0 saturated heterocycles. The maximum Gasteiger partial charge on any atom is 0.232 e. The third-order valence-electron chi connectivity index (χ3n) is 5.25. The fourth-order valence-corrected chi connectivity index (χ4v) is 3.88. The number of anilines is 2. The summed E-state index contributed by atoms with van der Waals surface area (Å²) in [6, 6.07) is 14.6. The van der Waals surface area contributed by atoms with Crippen molar-refractivity contribution in [1.29, 1.82) is 0 Å². The van der Waals surface area contributed by atoms with Gasteiger partial charge >= 0.3 is 0 Å². The van der Waals surface area contributed by atoms with E-state index in [1.807, 2.05) is 62.4 Å². The van der Waals surface area contributed by atoms with Crippen LogP contribution in [0.15, 0.2) is 54.9 Å². The Bertz CT molecular complexity index is 1020. The molecule has 4 rings (SSSR count). The van der Waals surface area contributed by atoms with Gasteiger partial charge in [0.15, 0.2) is 11.5 Å². The number of fused-ring (bicyclic) bond motifs is 1. The Hall–Kier alpha value is -3.55. The Morgan fingerprint density at radius 3 is 2.73 bits per heavy atom. The van der Waals surface area contributed by atoms with Gasteiger partial charge in [0.1, 0.15) is 6.33 Å². The van der Waals surface area contributed by atoms with Crippen molar-refractivity contribution in [3.63, 3.8) is 0 Å². The zero-order valence-corrected chi connectivity index (χ0v) is 17.2. The lowest BCUT2D eigenvalue weighted by Gasteiger charge is -2.37. The molecule has 2 aromatic carbocycles. The second-order valence-corrected chi connectivity index (χ2v) is 7.13. The van der Waals surface area contributed by atoms with Crippen LogP contribution in [-0.2, 0) is 4.79 Å². The summed E-state index contributed by atoms with van der Waals surface area (Å²) in [5.74, 6) is 1.38. The van der Waals surface area contributed by atoms with E-state index in [0.717, 1.165) is 11.3 Å². The van der Waals surface area contributed by atoms with Crippen molar-refractivity contribution in [2.75, 3.05) is 24.4 Å². The van der Waals surface area contributed by atoms with E-state index in [1.165, 1.54) is 6.33 Å². The summed E-state index contributed by atoms with van der Waals surface area (Å²) in [5.41, 5.74) is 1.64. The molecule has 0 aliphatic carbocycles. The van der Waals surface area contributed by atoms with Crippen molar-refractivity contribution < 1.29 is 14.3 Å². The van der Waals surface area contributed by atoms with Crippen molar-refractivity contribution >= 4 is 17.5 Å².